The van der Waals surface area contributed by atoms with Crippen molar-refractivity contribution in [3.63, 3.8) is 0 Å². The molecule has 0 saturated heterocycles. The second-order valence-electron chi connectivity index (χ2n) is 7.90. The standard InChI is InChI=1S/C23H39N3/c1-4-5-6-7-8-9-10-11-12-18-23-24-21-16-13-14-17-22(21)26(23)20-15-19-25(2)3/h13-14,16-17H,4-12,15,18-20H2,1-3H3. The molecule has 0 fully saturated rings. The first-order valence-corrected chi connectivity index (χ1v) is 10.8. The van der Waals surface area contributed by atoms with Crippen molar-refractivity contribution in [3.05, 3.63) is 30.1 Å². The SMILES string of the molecule is CCCCCCCCCCCc1nc2ccccc2n1CCCN(C)C. The number of imidazole rings is 1. The van der Waals surface area contributed by atoms with E-state index in [2.05, 4.69) is 54.8 Å². The molecule has 26 heavy (non-hydrogen) atoms. The Morgan fingerprint density at radius 2 is 1.50 bits per heavy atom. The Morgan fingerprint density at radius 3 is 2.19 bits per heavy atom. The van der Waals surface area contributed by atoms with Gasteiger partial charge in [0.25, 0.3) is 0 Å². The molecule has 1 aromatic heterocycles. The number of nitrogens with zero attached hydrogens (tertiary/aromatic N) is 3. The first kappa shape index (κ1) is 21.0. The van der Waals surface area contributed by atoms with Gasteiger partial charge >= 0.3 is 0 Å². The molecule has 0 spiro atoms. The Morgan fingerprint density at radius 1 is 0.846 bits per heavy atom. The molecular formula is C23H39N3. The first-order valence-electron chi connectivity index (χ1n) is 10.8. The normalized spacial score (nSPS) is 11.7. The minimum absolute atomic E-state index is 1.07. The van der Waals surface area contributed by atoms with Gasteiger partial charge in [-0.25, -0.2) is 4.98 Å². The molecule has 146 valence electrons. The van der Waals surface area contributed by atoms with Crippen LogP contribution in [0.15, 0.2) is 24.3 Å². The van der Waals surface area contributed by atoms with E-state index in [-0.39, 0.29) is 0 Å². The Balaban J connectivity index is 1.78. The van der Waals surface area contributed by atoms with Crippen molar-refractivity contribution in [1.29, 1.82) is 0 Å². The number of aromatic nitrogens is 2. The quantitative estimate of drug-likeness (QED) is 0.383. The van der Waals surface area contributed by atoms with Gasteiger partial charge in [0.15, 0.2) is 0 Å². The molecule has 1 aromatic carbocycles. The zero-order chi connectivity index (χ0) is 18.6. The highest BCUT2D eigenvalue weighted by Crippen LogP contribution is 2.19. The van der Waals surface area contributed by atoms with Crippen LogP contribution >= 0.6 is 0 Å². The predicted molar refractivity (Wildman–Crippen MR) is 114 cm³/mol. The molecule has 0 amide bonds. The second kappa shape index (κ2) is 12.1. The second-order valence-corrected chi connectivity index (χ2v) is 7.90. The predicted octanol–water partition coefficient (Wildman–Crippen LogP) is 6.06. The average molecular weight is 358 g/mol. The largest absolute Gasteiger partial charge is 0.328 e. The van der Waals surface area contributed by atoms with Crippen molar-refractivity contribution in [2.45, 2.75) is 84.1 Å². The van der Waals surface area contributed by atoms with Crippen LogP contribution in [0.5, 0.6) is 0 Å². The van der Waals surface area contributed by atoms with Gasteiger partial charge in [-0.2, -0.15) is 0 Å². The first-order chi connectivity index (χ1) is 12.7. The molecule has 3 heteroatoms. The minimum Gasteiger partial charge on any atom is -0.328 e. The Hall–Kier alpha value is -1.35. The lowest BCUT2D eigenvalue weighted by Crippen LogP contribution is -2.16. The Kier molecular flexibility index (Phi) is 9.76. The third kappa shape index (κ3) is 7.11. The maximum Gasteiger partial charge on any atom is 0.109 e. The van der Waals surface area contributed by atoms with Gasteiger partial charge in [0.05, 0.1) is 11.0 Å². The lowest BCUT2D eigenvalue weighted by molar-refractivity contribution is 0.386. The van der Waals surface area contributed by atoms with Crippen molar-refractivity contribution in [2.24, 2.45) is 0 Å². The fraction of sp³-hybridized carbons (Fsp3) is 0.696. The maximum atomic E-state index is 4.93. The third-order valence-electron chi connectivity index (χ3n) is 5.22. The molecule has 3 nitrogen and oxygen atoms in total. The van der Waals surface area contributed by atoms with Gasteiger partial charge in [-0.05, 0) is 45.6 Å². The minimum atomic E-state index is 1.07. The van der Waals surface area contributed by atoms with Crippen molar-refractivity contribution in [3.8, 4) is 0 Å². The van der Waals surface area contributed by atoms with E-state index in [9.17, 15) is 0 Å². The number of fused-ring (bicyclic) bond motifs is 1. The molecule has 1 heterocycles. The number of hydrogen-bond donors (Lipinski definition) is 0. The maximum absolute atomic E-state index is 4.93. The number of aryl methyl sites for hydroxylation is 2. The van der Waals surface area contributed by atoms with Gasteiger partial charge in [-0.3, -0.25) is 0 Å². The third-order valence-corrected chi connectivity index (χ3v) is 5.22. The van der Waals surface area contributed by atoms with Gasteiger partial charge < -0.3 is 9.47 Å². The molecule has 2 rings (SSSR count). The van der Waals surface area contributed by atoms with Crippen LogP contribution in [0.4, 0.5) is 0 Å². The summed E-state index contributed by atoms with van der Waals surface area (Å²) < 4.78 is 2.46. The molecule has 0 aliphatic rings. The molecule has 0 bridgehead atoms. The van der Waals surface area contributed by atoms with Crippen LogP contribution in [0.25, 0.3) is 11.0 Å². The number of rotatable bonds is 14. The molecular weight excluding hydrogens is 318 g/mol. The van der Waals surface area contributed by atoms with Crippen LogP contribution in [-0.2, 0) is 13.0 Å². The van der Waals surface area contributed by atoms with Gasteiger partial charge in [-0.1, -0.05) is 70.4 Å². The smallest absolute Gasteiger partial charge is 0.109 e. The van der Waals surface area contributed by atoms with E-state index in [0.29, 0.717) is 0 Å². The molecule has 2 aromatic rings. The average Bonchev–Trinajstić information content (AvgIpc) is 2.98. The molecule has 0 saturated carbocycles. The lowest BCUT2D eigenvalue weighted by atomic mass is 10.1. The van der Waals surface area contributed by atoms with Crippen LogP contribution < -0.4 is 0 Å². The highest BCUT2D eigenvalue weighted by molar-refractivity contribution is 5.75. The van der Waals surface area contributed by atoms with Crippen molar-refractivity contribution in [1.82, 2.24) is 14.5 Å². The summed E-state index contributed by atoms with van der Waals surface area (Å²) in [5.41, 5.74) is 2.46. The van der Waals surface area contributed by atoms with Crippen LogP contribution in [0, 0.1) is 0 Å². The van der Waals surface area contributed by atoms with Crippen LogP contribution in [0.3, 0.4) is 0 Å². The number of hydrogen-bond acceptors (Lipinski definition) is 2. The zero-order valence-electron chi connectivity index (χ0n) is 17.3. The summed E-state index contributed by atoms with van der Waals surface area (Å²) in [5, 5.41) is 0. The summed E-state index contributed by atoms with van der Waals surface area (Å²) in [7, 11) is 4.30. The fourth-order valence-corrected chi connectivity index (χ4v) is 3.70. The summed E-state index contributed by atoms with van der Waals surface area (Å²) in [6, 6.07) is 8.60. The summed E-state index contributed by atoms with van der Waals surface area (Å²) in [6.07, 6.45) is 14.7. The molecule has 0 aliphatic heterocycles. The van der Waals surface area contributed by atoms with Crippen LogP contribution in [0.2, 0.25) is 0 Å². The number of benzene rings is 1. The lowest BCUT2D eigenvalue weighted by Gasteiger charge is -2.12. The van der Waals surface area contributed by atoms with Crippen molar-refractivity contribution >= 4 is 11.0 Å². The molecule has 0 unspecified atom stereocenters. The topological polar surface area (TPSA) is 21.1 Å². The van der Waals surface area contributed by atoms with Gasteiger partial charge in [0.2, 0.25) is 0 Å². The van der Waals surface area contributed by atoms with E-state index in [4.69, 9.17) is 4.98 Å². The van der Waals surface area contributed by atoms with E-state index in [1.54, 1.807) is 0 Å². The van der Waals surface area contributed by atoms with Gasteiger partial charge in [0, 0.05) is 13.0 Å². The van der Waals surface area contributed by atoms with E-state index in [0.717, 1.165) is 25.0 Å². The summed E-state index contributed by atoms with van der Waals surface area (Å²) in [4.78, 5) is 7.19. The van der Waals surface area contributed by atoms with E-state index < -0.39 is 0 Å². The van der Waals surface area contributed by atoms with E-state index >= 15 is 0 Å². The van der Waals surface area contributed by atoms with Crippen molar-refractivity contribution in [2.75, 3.05) is 20.6 Å². The highest BCUT2D eigenvalue weighted by atomic mass is 15.1. The summed E-state index contributed by atoms with van der Waals surface area (Å²) >= 11 is 0. The van der Waals surface area contributed by atoms with Crippen molar-refractivity contribution < 1.29 is 0 Å². The zero-order valence-corrected chi connectivity index (χ0v) is 17.3. The highest BCUT2D eigenvalue weighted by Gasteiger charge is 2.10. The number of para-hydroxylation sites is 2. The summed E-state index contributed by atoms with van der Waals surface area (Å²) in [5.74, 6) is 1.29. The van der Waals surface area contributed by atoms with Crippen LogP contribution in [-0.4, -0.2) is 35.1 Å². The monoisotopic (exact) mass is 357 g/mol. The number of unbranched alkanes of at least 4 members (excludes halogenated alkanes) is 8. The molecule has 0 atom stereocenters. The van der Waals surface area contributed by atoms with Gasteiger partial charge in [0.1, 0.15) is 5.82 Å². The molecule has 0 aliphatic carbocycles. The summed E-state index contributed by atoms with van der Waals surface area (Å²) in [6.45, 7) is 4.49. The molecule has 0 N–H and O–H groups in total. The van der Waals surface area contributed by atoms with Gasteiger partial charge in [-0.15, -0.1) is 0 Å². The van der Waals surface area contributed by atoms with E-state index in [1.807, 2.05) is 0 Å². The Bertz CT molecular complexity index is 615. The van der Waals surface area contributed by atoms with E-state index in [1.165, 1.54) is 75.5 Å². The fourth-order valence-electron chi connectivity index (χ4n) is 3.70. The Labute approximate surface area is 160 Å². The van der Waals surface area contributed by atoms with Crippen LogP contribution in [0.1, 0.15) is 77.0 Å². The molecule has 0 radical (unpaired) electrons.